The second-order valence-corrected chi connectivity index (χ2v) is 2.93. The predicted octanol–water partition coefficient (Wildman–Crippen LogP) is 2.29. The number of hydrogen-bond acceptors (Lipinski definition) is 2. The fourth-order valence-electron chi connectivity index (χ4n) is 0.723. The van der Waals surface area contributed by atoms with E-state index in [0.29, 0.717) is 0 Å². The summed E-state index contributed by atoms with van der Waals surface area (Å²) in [5, 5.41) is 3.00. The molecular formula is C8H9BrN2. The van der Waals surface area contributed by atoms with Crippen molar-refractivity contribution in [3.63, 3.8) is 0 Å². The van der Waals surface area contributed by atoms with Gasteiger partial charge in [-0.05, 0) is 18.2 Å². The summed E-state index contributed by atoms with van der Waals surface area (Å²) in [4.78, 5) is 0. The van der Waals surface area contributed by atoms with Gasteiger partial charge in [0.05, 0.1) is 0 Å². The van der Waals surface area contributed by atoms with Gasteiger partial charge in [-0.3, -0.25) is 0 Å². The maximum Gasteiger partial charge on any atom is 0.0391 e. The number of halogens is 1. The highest BCUT2D eigenvalue weighted by molar-refractivity contribution is 9.10. The van der Waals surface area contributed by atoms with Crippen LogP contribution in [0.25, 0.3) is 0 Å². The molecule has 0 aliphatic heterocycles. The molecule has 0 atom stereocenters. The fourth-order valence-corrected chi connectivity index (χ4v) is 1.12. The van der Waals surface area contributed by atoms with Gasteiger partial charge in [0.2, 0.25) is 0 Å². The van der Waals surface area contributed by atoms with E-state index in [1.807, 2.05) is 24.3 Å². The summed E-state index contributed by atoms with van der Waals surface area (Å²) in [5.74, 6) is 0. The summed E-state index contributed by atoms with van der Waals surface area (Å²) in [6.45, 7) is 0. The number of nitrogens with two attached hydrogens (primary N) is 1. The Bertz CT molecular complexity index is 258. The molecule has 0 spiro atoms. The van der Waals surface area contributed by atoms with Crippen molar-refractivity contribution in [2.24, 2.45) is 5.73 Å². The number of nitrogens with one attached hydrogen (secondary N) is 1. The lowest BCUT2D eigenvalue weighted by Crippen LogP contribution is -1.88. The maximum absolute atomic E-state index is 5.16. The molecule has 0 bridgehead atoms. The van der Waals surface area contributed by atoms with Crippen LogP contribution in [0.3, 0.4) is 0 Å². The Hall–Kier alpha value is -0.960. The zero-order valence-electron chi connectivity index (χ0n) is 5.92. The van der Waals surface area contributed by atoms with Gasteiger partial charge in [-0.1, -0.05) is 22.0 Å². The SMILES string of the molecule is N/C=C\Nc1cccc(Br)c1. The summed E-state index contributed by atoms with van der Waals surface area (Å²) in [7, 11) is 0. The number of hydrogen-bond donors (Lipinski definition) is 2. The first-order valence-electron chi connectivity index (χ1n) is 3.22. The lowest BCUT2D eigenvalue weighted by molar-refractivity contribution is 1.51. The minimum absolute atomic E-state index is 1.01. The van der Waals surface area contributed by atoms with Gasteiger partial charge in [-0.2, -0.15) is 0 Å². The Labute approximate surface area is 74.2 Å². The average molecular weight is 213 g/mol. The zero-order chi connectivity index (χ0) is 8.10. The fraction of sp³-hybridized carbons (Fsp3) is 0. The molecule has 0 radical (unpaired) electrons. The highest BCUT2D eigenvalue weighted by Crippen LogP contribution is 2.15. The zero-order valence-corrected chi connectivity index (χ0v) is 7.51. The normalized spacial score (nSPS) is 10.3. The van der Waals surface area contributed by atoms with E-state index in [2.05, 4.69) is 21.2 Å². The molecule has 2 nitrogen and oxygen atoms in total. The van der Waals surface area contributed by atoms with E-state index in [1.54, 1.807) is 6.20 Å². The summed E-state index contributed by atoms with van der Waals surface area (Å²) < 4.78 is 1.05. The summed E-state index contributed by atoms with van der Waals surface area (Å²) in [6, 6.07) is 7.86. The lowest BCUT2D eigenvalue weighted by atomic mass is 10.3. The van der Waals surface area contributed by atoms with E-state index in [1.165, 1.54) is 6.20 Å². The van der Waals surface area contributed by atoms with Crippen LogP contribution in [0.15, 0.2) is 41.1 Å². The molecule has 11 heavy (non-hydrogen) atoms. The average Bonchev–Trinajstić information content (AvgIpc) is 2.01. The smallest absolute Gasteiger partial charge is 0.0391 e. The Kier molecular flexibility index (Phi) is 2.98. The molecular weight excluding hydrogens is 204 g/mol. The van der Waals surface area contributed by atoms with Gasteiger partial charge in [0, 0.05) is 22.6 Å². The molecule has 3 N–H and O–H groups in total. The molecule has 1 aromatic rings. The highest BCUT2D eigenvalue weighted by Gasteiger charge is 1.87. The first-order valence-corrected chi connectivity index (χ1v) is 4.01. The lowest BCUT2D eigenvalue weighted by Gasteiger charge is -1.99. The number of benzene rings is 1. The third-order valence-corrected chi connectivity index (χ3v) is 1.66. The van der Waals surface area contributed by atoms with Crippen molar-refractivity contribution >= 4 is 21.6 Å². The molecule has 1 rings (SSSR count). The van der Waals surface area contributed by atoms with Crippen LogP contribution in [0.2, 0.25) is 0 Å². The minimum atomic E-state index is 1.01. The van der Waals surface area contributed by atoms with Gasteiger partial charge >= 0.3 is 0 Å². The first-order chi connectivity index (χ1) is 5.33. The second kappa shape index (κ2) is 4.03. The standard InChI is InChI=1S/C8H9BrN2/c9-7-2-1-3-8(6-7)11-5-4-10/h1-6,11H,10H2/b5-4-. The Morgan fingerprint density at radius 2 is 2.27 bits per heavy atom. The van der Waals surface area contributed by atoms with Crippen molar-refractivity contribution in [3.8, 4) is 0 Å². The van der Waals surface area contributed by atoms with Crippen molar-refractivity contribution in [1.82, 2.24) is 0 Å². The van der Waals surface area contributed by atoms with Crippen LogP contribution in [-0.2, 0) is 0 Å². The monoisotopic (exact) mass is 212 g/mol. The van der Waals surface area contributed by atoms with Crippen molar-refractivity contribution in [3.05, 3.63) is 41.1 Å². The van der Waals surface area contributed by atoms with Crippen molar-refractivity contribution in [1.29, 1.82) is 0 Å². The molecule has 0 aromatic heterocycles. The van der Waals surface area contributed by atoms with Crippen molar-refractivity contribution in [2.75, 3.05) is 5.32 Å². The molecule has 1 aromatic carbocycles. The van der Waals surface area contributed by atoms with E-state index in [0.717, 1.165) is 10.2 Å². The Morgan fingerprint density at radius 3 is 2.91 bits per heavy atom. The highest BCUT2D eigenvalue weighted by atomic mass is 79.9. The van der Waals surface area contributed by atoms with Gasteiger partial charge in [0.1, 0.15) is 0 Å². The van der Waals surface area contributed by atoms with E-state index in [9.17, 15) is 0 Å². The topological polar surface area (TPSA) is 38.0 Å². The van der Waals surface area contributed by atoms with E-state index >= 15 is 0 Å². The van der Waals surface area contributed by atoms with Crippen LogP contribution in [0.5, 0.6) is 0 Å². The summed E-state index contributed by atoms with van der Waals surface area (Å²) in [5.41, 5.74) is 6.17. The van der Waals surface area contributed by atoms with Crippen LogP contribution < -0.4 is 11.1 Å². The van der Waals surface area contributed by atoms with Crippen molar-refractivity contribution in [2.45, 2.75) is 0 Å². The van der Waals surface area contributed by atoms with Crippen molar-refractivity contribution < 1.29 is 0 Å². The van der Waals surface area contributed by atoms with Gasteiger partial charge in [0.25, 0.3) is 0 Å². The molecule has 0 amide bonds. The number of anilines is 1. The van der Waals surface area contributed by atoms with E-state index in [-0.39, 0.29) is 0 Å². The molecule has 0 aliphatic carbocycles. The summed E-state index contributed by atoms with van der Waals surface area (Å²) >= 11 is 3.36. The third kappa shape index (κ3) is 2.63. The van der Waals surface area contributed by atoms with Gasteiger partial charge in [-0.15, -0.1) is 0 Å². The molecule has 0 fully saturated rings. The van der Waals surface area contributed by atoms with Gasteiger partial charge in [0.15, 0.2) is 0 Å². The van der Waals surface area contributed by atoms with Crippen LogP contribution in [0.1, 0.15) is 0 Å². The first kappa shape index (κ1) is 8.14. The number of rotatable bonds is 2. The van der Waals surface area contributed by atoms with Crippen LogP contribution in [-0.4, -0.2) is 0 Å². The largest absolute Gasteiger partial charge is 0.403 e. The molecule has 3 heteroatoms. The Morgan fingerprint density at radius 1 is 1.45 bits per heavy atom. The second-order valence-electron chi connectivity index (χ2n) is 2.01. The molecule has 0 saturated carbocycles. The van der Waals surface area contributed by atoms with E-state index < -0.39 is 0 Å². The molecule has 0 heterocycles. The Balaban J connectivity index is 2.71. The molecule has 58 valence electrons. The molecule has 0 saturated heterocycles. The van der Waals surface area contributed by atoms with Gasteiger partial charge in [-0.25, -0.2) is 0 Å². The quantitative estimate of drug-likeness (QED) is 0.790. The van der Waals surface area contributed by atoms with Crippen LogP contribution >= 0.6 is 15.9 Å². The minimum Gasteiger partial charge on any atom is -0.403 e. The summed E-state index contributed by atoms with van der Waals surface area (Å²) in [6.07, 6.45) is 3.14. The third-order valence-electron chi connectivity index (χ3n) is 1.17. The van der Waals surface area contributed by atoms with Crippen LogP contribution in [0, 0.1) is 0 Å². The predicted molar refractivity (Wildman–Crippen MR) is 51.1 cm³/mol. The maximum atomic E-state index is 5.16. The van der Waals surface area contributed by atoms with Crippen LogP contribution in [0.4, 0.5) is 5.69 Å². The molecule has 0 aliphatic rings. The van der Waals surface area contributed by atoms with Gasteiger partial charge < -0.3 is 11.1 Å². The molecule has 0 unspecified atom stereocenters. The van der Waals surface area contributed by atoms with E-state index in [4.69, 9.17) is 5.73 Å².